The fraction of sp³-hybridized carbons (Fsp3) is 0.0714. The predicted octanol–water partition coefficient (Wildman–Crippen LogP) is 2.22. The zero-order valence-corrected chi connectivity index (χ0v) is 11.6. The number of nitrogens with two attached hydrogens (primary N) is 1. The highest BCUT2D eigenvalue weighted by Crippen LogP contribution is 2.26. The molecule has 0 aliphatic rings. The number of rotatable bonds is 2. The maximum Gasteiger partial charge on any atom is 0.177 e. The number of aromatic nitrogens is 2. The van der Waals surface area contributed by atoms with Crippen molar-refractivity contribution in [2.45, 2.75) is 4.90 Å². The van der Waals surface area contributed by atoms with E-state index in [2.05, 4.69) is 9.97 Å². The fourth-order valence-corrected chi connectivity index (χ4v) is 2.96. The lowest BCUT2D eigenvalue weighted by atomic mass is 10.2. The minimum Gasteiger partial charge on any atom is -0.399 e. The fourth-order valence-electron chi connectivity index (χ4n) is 2.13. The Kier molecular flexibility index (Phi) is 2.76. The van der Waals surface area contributed by atoms with Crippen LogP contribution in [0, 0.1) is 0 Å². The quantitative estimate of drug-likeness (QED) is 0.707. The SMILES string of the molecule is CS(=O)(=O)c1cccc2[nH]c(-c3cccc(N)c3)nc12. The van der Waals surface area contributed by atoms with Crippen LogP contribution in [-0.4, -0.2) is 24.6 Å². The number of H-pyrrole nitrogens is 1. The van der Waals surface area contributed by atoms with Gasteiger partial charge in [0.15, 0.2) is 9.84 Å². The third kappa shape index (κ3) is 2.14. The first-order valence-corrected chi connectivity index (χ1v) is 7.89. The Morgan fingerprint density at radius 1 is 1.15 bits per heavy atom. The number of nitrogen functional groups attached to an aromatic ring is 1. The van der Waals surface area contributed by atoms with Gasteiger partial charge in [0, 0.05) is 17.5 Å². The molecule has 0 saturated carbocycles. The van der Waals surface area contributed by atoms with Gasteiger partial charge < -0.3 is 10.7 Å². The smallest absolute Gasteiger partial charge is 0.177 e. The van der Waals surface area contributed by atoms with E-state index in [0.717, 1.165) is 5.56 Å². The Bertz CT molecular complexity index is 898. The molecule has 0 aliphatic carbocycles. The van der Waals surface area contributed by atoms with Crippen molar-refractivity contribution in [3.8, 4) is 11.4 Å². The summed E-state index contributed by atoms with van der Waals surface area (Å²) in [5.41, 5.74) is 8.34. The molecule has 2 aromatic carbocycles. The largest absolute Gasteiger partial charge is 0.399 e. The number of sulfone groups is 1. The standard InChI is InChI=1S/C14H13N3O2S/c1-20(18,19)12-7-3-6-11-13(12)17-14(16-11)9-4-2-5-10(15)8-9/h2-8H,15H2,1H3,(H,16,17). The Balaban J connectivity index is 2.26. The lowest BCUT2D eigenvalue weighted by molar-refractivity contribution is 0.602. The highest BCUT2D eigenvalue weighted by Gasteiger charge is 2.15. The molecule has 0 saturated heterocycles. The average molecular weight is 287 g/mol. The van der Waals surface area contributed by atoms with Gasteiger partial charge in [-0.2, -0.15) is 0 Å². The van der Waals surface area contributed by atoms with Crippen LogP contribution in [0.4, 0.5) is 5.69 Å². The number of para-hydroxylation sites is 1. The number of imidazole rings is 1. The van der Waals surface area contributed by atoms with Crippen molar-refractivity contribution in [1.29, 1.82) is 0 Å². The molecular weight excluding hydrogens is 274 g/mol. The van der Waals surface area contributed by atoms with E-state index in [9.17, 15) is 8.42 Å². The van der Waals surface area contributed by atoms with Gasteiger partial charge in [-0.15, -0.1) is 0 Å². The molecule has 0 aliphatic heterocycles. The van der Waals surface area contributed by atoms with Crippen LogP contribution < -0.4 is 5.73 Å². The lowest BCUT2D eigenvalue weighted by Gasteiger charge is -1.98. The summed E-state index contributed by atoms with van der Waals surface area (Å²) in [5, 5.41) is 0. The van der Waals surface area contributed by atoms with Gasteiger partial charge in [-0.25, -0.2) is 13.4 Å². The minimum absolute atomic E-state index is 0.224. The second kappa shape index (κ2) is 4.35. The first kappa shape index (κ1) is 12.7. The van der Waals surface area contributed by atoms with Gasteiger partial charge in [0.25, 0.3) is 0 Å². The third-order valence-corrected chi connectivity index (χ3v) is 4.16. The maximum atomic E-state index is 11.8. The Morgan fingerprint density at radius 3 is 2.60 bits per heavy atom. The van der Waals surface area contributed by atoms with Crippen molar-refractivity contribution in [3.63, 3.8) is 0 Å². The van der Waals surface area contributed by atoms with Crippen molar-refractivity contribution in [2.24, 2.45) is 0 Å². The molecule has 6 heteroatoms. The van der Waals surface area contributed by atoms with E-state index in [4.69, 9.17) is 5.73 Å². The summed E-state index contributed by atoms with van der Waals surface area (Å²) in [6.07, 6.45) is 1.18. The first-order valence-electron chi connectivity index (χ1n) is 6.00. The molecule has 102 valence electrons. The van der Waals surface area contributed by atoms with E-state index in [1.54, 1.807) is 30.3 Å². The highest BCUT2D eigenvalue weighted by molar-refractivity contribution is 7.91. The molecular formula is C14H13N3O2S. The van der Waals surface area contributed by atoms with E-state index < -0.39 is 9.84 Å². The van der Waals surface area contributed by atoms with Crippen molar-refractivity contribution in [1.82, 2.24) is 9.97 Å². The van der Waals surface area contributed by atoms with Crippen LogP contribution >= 0.6 is 0 Å². The summed E-state index contributed by atoms with van der Waals surface area (Å²) in [4.78, 5) is 7.74. The Hall–Kier alpha value is -2.34. The van der Waals surface area contributed by atoms with Crippen LogP contribution in [0.3, 0.4) is 0 Å². The second-order valence-electron chi connectivity index (χ2n) is 4.64. The number of hydrogen-bond acceptors (Lipinski definition) is 4. The molecule has 3 aromatic rings. The molecule has 1 heterocycles. The van der Waals surface area contributed by atoms with Gasteiger partial charge in [-0.3, -0.25) is 0 Å². The molecule has 20 heavy (non-hydrogen) atoms. The van der Waals surface area contributed by atoms with Gasteiger partial charge in [-0.05, 0) is 24.3 Å². The van der Waals surface area contributed by atoms with Crippen molar-refractivity contribution < 1.29 is 8.42 Å². The summed E-state index contributed by atoms with van der Waals surface area (Å²) in [5.74, 6) is 0.600. The average Bonchev–Trinajstić information content (AvgIpc) is 2.81. The maximum absolute atomic E-state index is 11.8. The third-order valence-electron chi connectivity index (χ3n) is 3.04. The number of benzene rings is 2. The van der Waals surface area contributed by atoms with E-state index in [1.165, 1.54) is 6.26 Å². The van der Waals surface area contributed by atoms with Crippen molar-refractivity contribution in [3.05, 3.63) is 42.5 Å². The van der Waals surface area contributed by atoms with E-state index in [1.807, 2.05) is 12.1 Å². The molecule has 1 aromatic heterocycles. The molecule has 0 atom stereocenters. The van der Waals surface area contributed by atoms with Crippen LogP contribution in [0.2, 0.25) is 0 Å². The summed E-state index contributed by atoms with van der Waals surface area (Å²) in [7, 11) is -3.31. The zero-order chi connectivity index (χ0) is 14.3. The van der Waals surface area contributed by atoms with Gasteiger partial charge in [0.2, 0.25) is 0 Å². The number of aromatic amines is 1. The molecule has 0 spiro atoms. The van der Waals surface area contributed by atoms with Crippen molar-refractivity contribution in [2.75, 3.05) is 12.0 Å². The van der Waals surface area contributed by atoms with Gasteiger partial charge in [0.1, 0.15) is 11.3 Å². The molecule has 3 rings (SSSR count). The van der Waals surface area contributed by atoms with Crippen LogP contribution in [0.5, 0.6) is 0 Å². The zero-order valence-electron chi connectivity index (χ0n) is 10.8. The normalized spacial score (nSPS) is 11.8. The summed E-state index contributed by atoms with van der Waals surface area (Å²) in [6.45, 7) is 0. The van der Waals surface area contributed by atoms with Gasteiger partial charge in [0.05, 0.1) is 10.4 Å². The number of nitrogens with one attached hydrogen (secondary N) is 1. The van der Waals surface area contributed by atoms with Gasteiger partial charge in [-0.1, -0.05) is 18.2 Å². The van der Waals surface area contributed by atoms with E-state index in [0.29, 0.717) is 22.5 Å². The Morgan fingerprint density at radius 2 is 1.90 bits per heavy atom. The number of anilines is 1. The molecule has 0 bridgehead atoms. The number of nitrogens with zero attached hydrogens (tertiary/aromatic N) is 1. The van der Waals surface area contributed by atoms with E-state index in [-0.39, 0.29) is 4.90 Å². The lowest BCUT2D eigenvalue weighted by Crippen LogP contribution is -1.97. The monoisotopic (exact) mass is 287 g/mol. The molecule has 3 N–H and O–H groups in total. The molecule has 0 unspecified atom stereocenters. The number of hydrogen-bond donors (Lipinski definition) is 2. The first-order chi connectivity index (χ1) is 9.45. The van der Waals surface area contributed by atoms with Crippen LogP contribution in [0.1, 0.15) is 0 Å². The van der Waals surface area contributed by atoms with Crippen LogP contribution in [0.15, 0.2) is 47.4 Å². The highest BCUT2D eigenvalue weighted by atomic mass is 32.2. The summed E-state index contributed by atoms with van der Waals surface area (Å²) in [6, 6.07) is 12.3. The molecule has 0 fully saturated rings. The molecule has 0 radical (unpaired) electrons. The Labute approximate surface area is 116 Å². The van der Waals surface area contributed by atoms with Gasteiger partial charge >= 0.3 is 0 Å². The predicted molar refractivity (Wildman–Crippen MR) is 79.1 cm³/mol. The second-order valence-corrected chi connectivity index (χ2v) is 6.62. The number of fused-ring (bicyclic) bond motifs is 1. The minimum atomic E-state index is -3.31. The molecule has 5 nitrogen and oxygen atoms in total. The van der Waals surface area contributed by atoms with Crippen LogP contribution in [0.25, 0.3) is 22.4 Å². The summed E-state index contributed by atoms with van der Waals surface area (Å²) >= 11 is 0. The summed E-state index contributed by atoms with van der Waals surface area (Å²) < 4.78 is 23.5. The van der Waals surface area contributed by atoms with Crippen LogP contribution in [-0.2, 0) is 9.84 Å². The molecule has 0 amide bonds. The van der Waals surface area contributed by atoms with Crippen molar-refractivity contribution >= 4 is 26.6 Å². The topological polar surface area (TPSA) is 88.8 Å². The van der Waals surface area contributed by atoms with E-state index >= 15 is 0 Å².